The van der Waals surface area contributed by atoms with E-state index in [-0.39, 0.29) is 31.7 Å². The first kappa shape index (κ1) is 18.9. The van der Waals surface area contributed by atoms with Crippen molar-refractivity contribution in [2.45, 2.75) is 82.4 Å². The molecule has 0 N–H and O–H groups in total. The maximum absolute atomic E-state index is 13.9. The Kier molecular flexibility index (Phi) is 4.05. The molecule has 7 rings (SSSR count). The fourth-order valence-electron chi connectivity index (χ4n) is 9.57. The third kappa shape index (κ3) is 2.60. The minimum absolute atomic E-state index is 0.111. The van der Waals surface area contributed by atoms with Crippen molar-refractivity contribution >= 4 is 31.5 Å². The van der Waals surface area contributed by atoms with E-state index in [1.165, 1.54) is 38.5 Å². The molecule has 5 heteroatoms. The van der Waals surface area contributed by atoms with E-state index in [0.717, 1.165) is 90.6 Å². The first-order valence-electron chi connectivity index (χ1n) is 12.6. The number of amides is 2. The second-order valence-electron chi connectivity index (χ2n) is 12.2. The molecule has 7 aliphatic rings. The molecule has 7 fully saturated rings. The molecule has 0 aromatic heterocycles. The van der Waals surface area contributed by atoms with Crippen molar-refractivity contribution in [2.24, 2.45) is 51.3 Å². The van der Waals surface area contributed by atoms with Gasteiger partial charge in [0.2, 0.25) is 0 Å². The van der Waals surface area contributed by atoms with Gasteiger partial charge in [-0.25, -0.2) is 0 Å². The minimum atomic E-state index is -0.171. The Balaban J connectivity index is 1.15. The Hall–Kier alpha value is -0.671. The number of hydrogen-bond acceptors (Lipinski definition) is 2. The molecule has 2 amide bonds. The van der Waals surface area contributed by atoms with Crippen LogP contribution in [-0.4, -0.2) is 42.9 Å². The molecule has 8 atom stereocenters. The van der Waals surface area contributed by atoms with E-state index < -0.39 is 0 Å². The Bertz CT molecular complexity index is 833. The van der Waals surface area contributed by atoms with Gasteiger partial charge in [0.05, 0.1) is 0 Å². The Morgan fingerprint density at radius 3 is 2.13 bits per heavy atom. The number of fused-ring (bicyclic) bond motifs is 4. The maximum atomic E-state index is 13.9. The number of rotatable bonds is 2. The molecule has 4 nitrogen and oxygen atoms in total. The number of carbonyl (C=O) groups is 2. The molecule has 6 aliphatic carbocycles. The van der Waals surface area contributed by atoms with Crippen molar-refractivity contribution in [3.8, 4) is 0 Å². The van der Waals surface area contributed by atoms with Crippen molar-refractivity contribution in [3.63, 3.8) is 0 Å². The van der Waals surface area contributed by atoms with Crippen LogP contribution in [0.3, 0.4) is 0 Å². The van der Waals surface area contributed by atoms with Gasteiger partial charge in [0.15, 0.2) is 0 Å². The molecule has 6 bridgehead atoms. The average molecular weight is 474 g/mol. The summed E-state index contributed by atoms with van der Waals surface area (Å²) in [7, 11) is 0. The van der Waals surface area contributed by atoms with E-state index >= 15 is 0 Å². The molecule has 1 saturated heterocycles. The molecule has 6 saturated carbocycles. The topological polar surface area (TPSA) is 49.7 Å². The van der Waals surface area contributed by atoms with Crippen LogP contribution in [0.2, 0.25) is 5.32 Å². The fraction of sp³-hybridized carbons (Fsp3) is 0.880. The van der Waals surface area contributed by atoms with Crippen LogP contribution in [-0.2, 0) is 9.59 Å². The molecule has 30 heavy (non-hydrogen) atoms. The molecule has 1 aliphatic heterocycles. The zero-order valence-electron chi connectivity index (χ0n) is 18.0. The van der Waals surface area contributed by atoms with Crippen molar-refractivity contribution in [1.29, 1.82) is 0 Å². The molecule has 162 valence electrons. The van der Waals surface area contributed by atoms with E-state index in [4.69, 9.17) is 4.99 Å². The van der Waals surface area contributed by atoms with Crippen LogP contribution in [0, 0.1) is 46.3 Å². The monoisotopic (exact) mass is 474 g/mol. The molecular weight excluding hydrogens is 439 g/mol. The van der Waals surface area contributed by atoms with Gasteiger partial charge in [-0.15, -0.1) is 0 Å². The summed E-state index contributed by atoms with van der Waals surface area (Å²) in [6.07, 6.45) is 14.7. The molecule has 0 aromatic carbocycles. The normalized spacial score (nSPS) is 51.9. The summed E-state index contributed by atoms with van der Waals surface area (Å²) in [6.45, 7) is 0.813. The summed E-state index contributed by atoms with van der Waals surface area (Å²) < 4.78 is 0.893. The van der Waals surface area contributed by atoms with E-state index in [0.29, 0.717) is 5.91 Å². The summed E-state index contributed by atoms with van der Waals surface area (Å²) in [5, 5.41) is 1.04. The second-order valence-corrected chi connectivity index (χ2v) is 14.4. The van der Waals surface area contributed by atoms with Gasteiger partial charge in [0, 0.05) is 0 Å². The number of carbonyl (C=O) groups excluding carboxylic acids is 2. The van der Waals surface area contributed by atoms with Crippen LogP contribution in [0.15, 0.2) is 4.99 Å². The molecule has 8 unspecified atom stereocenters. The molecular formula is C25H34N2O2Se. The number of hydrogen-bond donors (Lipinski definition) is 0. The summed E-state index contributed by atoms with van der Waals surface area (Å²) in [5.74, 6) is 5.17. The number of aliphatic imine (C=N–C) groups is 1. The Labute approximate surface area is 186 Å². The molecule has 0 radical (unpaired) electrons. The zero-order valence-corrected chi connectivity index (χ0v) is 19.7. The fourth-order valence-corrected chi connectivity index (χ4v) is 11.5. The van der Waals surface area contributed by atoms with Gasteiger partial charge >= 0.3 is 186 Å². The van der Waals surface area contributed by atoms with Gasteiger partial charge in [-0.1, -0.05) is 0 Å². The van der Waals surface area contributed by atoms with Crippen molar-refractivity contribution < 1.29 is 9.59 Å². The van der Waals surface area contributed by atoms with Crippen molar-refractivity contribution in [3.05, 3.63) is 0 Å². The Morgan fingerprint density at radius 2 is 1.40 bits per heavy atom. The van der Waals surface area contributed by atoms with E-state index in [2.05, 4.69) is 0 Å². The summed E-state index contributed by atoms with van der Waals surface area (Å²) in [6, 6.07) is 0. The molecule has 0 aromatic rings. The summed E-state index contributed by atoms with van der Waals surface area (Å²) >= 11 is 0.190. The third-order valence-electron chi connectivity index (χ3n) is 10.6. The molecule has 0 spiro atoms. The number of nitrogens with zero attached hydrogens (tertiary/aromatic N) is 2. The predicted molar refractivity (Wildman–Crippen MR) is 116 cm³/mol. The molecule has 1 heterocycles. The summed E-state index contributed by atoms with van der Waals surface area (Å²) in [5.41, 5.74) is -0.282. The van der Waals surface area contributed by atoms with Crippen LogP contribution >= 0.6 is 0 Å². The standard InChI is InChI=1S/C25H34N2O2Se/c28-21(24-9-15-1-3-17(11-24)19(7-15)13-24)26-23-27(5-6-30-23)22(29)25-10-16-2-4-18(12-25)20(8-16)14-25/h15-20H,1-14H2. The average Bonchev–Trinajstić information content (AvgIpc) is 3.30. The van der Waals surface area contributed by atoms with Gasteiger partial charge in [-0.05, 0) is 0 Å². The SMILES string of the molecule is O=C(N=C1[Se]CCN1C(=O)C12CC3CCC(C1)C(C3)C2)C12CC3CCC(C1)C(C3)C2. The van der Waals surface area contributed by atoms with Crippen LogP contribution < -0.4 is 0 Å². The summed E-state index contributed by atoms with van der Waals surface area (Å²) in [4.78, 5) is 34.3. The second kappa shape index (κ2) is 6.44. The first-order valence-corrected chi connectivity index (χ1v) is 14.7. The van der Waals surface area contributed by atoms with Gasteiger partial charge in [-0.3, -0.25) is 0 Å². The van der Waals surface area contributed by atoms with Crippen LogP contribution in [0.5, 0.6) is 0 Å². The van der Waals surface area contributed by atoms with Gasteiger partial charge in [-0.2, -0.15) is 0 Å². The van der Waals surface area contributed by atoms with Crippen molar-refractivity contribution in [1.82, 2.24) is 4.90 Å². The van der Waals surface area contributed by atoms with Crippen LogP contribution in [0.25, 0.3) is 0 Å². The number of amidine groups is 1. The van der Waals surface area contributed by atoms with Crippen LogP contribution in [0.1, 0.15) is 77.0 Å². The van der Waals surface area contributed by atoms with Gasteiger partial charge in [0.25, 0.3) is 0 Å². The zero-order chi connectivity index (χ0) is 20.1. The van der Waals surface area contributed by atoms with E-state index in [1.807, 2.05) is 4.90 Å². The van der Waals surface area contributed by atoms with Crippen molar-refractivity contribution in [2.75, 3.05) is 6.54 Å². The Morgan fingerprint density at radius 1 is 0.800 bits per heavy atom. The quantitative estimate of drug-likeness (QED) is 0.563. The third-order valence-corrected chi connectivity index (χ3v) is 12.6. The first-order chi connectivity index (χ1) is 14.5. The predicted octanol–water partition coefficient (Wildman–Crippen LogP) is 4.27. The van der Waals surface area contributed by atoms with Gasteiger partial charge in [0.1, 0.15) is 0 Å². The van der Waals surface area contributed by atoms with Crippen LogP contribution in [0.4, 0.5) is 0 Å². The van der Waals surface area contributed by atoms with E-state index in [1.54, 1.807) is 0 Å². The van der Waals surface area contributed by atoms with E-state index in [9.17, 15) is 9.59 Å². The van der Waals surface area contributed by atoms with Gasteiger partial charge < -0.3 is 0 Å².